The molecule has 0 N–H and O–H groups in total. The maximum absolute atomic E-state index is 8.55. The van der Waals surface area contributed by atoms with E-state index in [9.17, 15) is 0 Å². The normalized spacial score (nSPS) is 18.1. The predicted octanol–water partition coefficient (Wildman–Crippen LogP) is 2.84. The average molecular weight is 282 g/mol. The van der Waals surface area contributed by atoms with E-state index in [1.807, 2.05) is 30.5 Å². The Labute approximate surface area is 101 Å². The number of halogens is 1. The second-order valence-corrected chi connectivity index (χ2v) is 4.88. The Morgan fingerprint density at radius 3 is 2.80 bits per heavy atom. The highest BCUT2D eigenvalue weighted by atomic mass is 79.9. The molecule has 76 valence electrons. The first-order chi connectivity index (χ1) is 7.31. The summed E-state index contributed by atoms with van der Waals surface area (Å²) >= 11 is 5.16. The molecule has 0 atom stereocenters. The van der Waals surface area contributed by atoms with Gasteiger partial charge in [-0.15, -0.1) is 11.8 Å². The van der Waals surface area contributed by atoms with Crippen molar-refractivity contribution in [2.45, 2.75) is 0 Å². The van der Waals surface area contributed by atoms with Crippen molar-refractivity contribution in [3.63, 3.8) is 0 Å². The van der Waals surface area contributed by atoms with Gasteiger partial charge >= 0.3 is 0 Å². The molecule has 2 rings (SSSR count). The van der Waals surface area contributed by atoms with E-state index in [1.54, 1.807) is 11.8 Å². The molecule has 1 aromatic rings. The lowest BCUT2D eigenvalue weighted by molar-refractivity contribution is 1.23. The molecule has 1 heterocycles. The molecule has 1 aliphatic rings. The van der Waals surface area contributed by atoms with E-state index in [0.717, 1.165) is 27.6 Å². The highest BCUT2D eigenvalue weighted by Gasteiger charge is 2.20. The number of rotatable bonds is 1. The number of thioether (sulfide) groups is 1. The van der Waals surface area contributed by atoms with Crippen LogP contribution in [0.2, 0.25) is 0 Å². The van der Waals surface area contributed by atoms with Gasteiger partial charge in [-0.05, 0) is 24.3 Å². The molecule has 15 heavy (non-hydrogen) atoms. The second-order valence-electron chi connectivity index (χ2n) is 3.01. The summed E-state index contributed by atoms with van der Waals surface area (Å²) in [6.45, 7) is 0. The molecule has 0 unspecified atom stereocenters. The fourth-order valence-corrected chi connectivity index (χ4v) is 2.61. The van der Waals surface area contributed by atoms with Gasteiger partial charge in [0, 0.05) is 10.2 Å². The summed E-state index contributed by atoms with van der Waals surface area (Å²) in [5.41, 5.74) is 1.08. The molecule has 0 spiro atoms. The molecule has 3 nitrogen and oxygen atoms in total. The van der Waals surface area contributed by atoms with E-state index in [1.165, 1.54) is 0 Å². The summed E-state index contributed by atoms with van der Waals surface area (Å²) in [6.07, 6.45) is 1.84. The van der Waals surface area contributed by atoms with E-state index in [2.05, 4.69) is 25.8 Å². The van der Waals surface area contributed by atoms with E-state index in [-0.39, 0.29) is 0 Å². The molecule has 0 aliphatic carbocycles. The van der Waals surface area contributed by atoms with E-state index in [4.69, 9.17) is 5.26 Å². The van der Waals surface area contributed by atoms with Crippen molar-refractivity contribution in [2.75, 3.05) is 16.5 Å². The van der Waals surface area contributed by atoms with Crippen LogP contribution < -0.4 is 4.90 Å². The third-order valence-corrected chi connectivity index (χ3v) is 3.51. The number of benzene rings is 1. The lowest BCUT2D eigenvalue weighted by Gasteiger charge is -2.16. The molecule has 5 heteroatoms. The Morgan fingerprint density at radius 1 is 1.40 bits per heavy atom. The molecular weight excluding hydrogens is 274 g/mol. The summed E-state index contributed by atoms with van der Waals surface area (Å²) in [6, 6.07) is 8.01. The van der Waals surface area contributed by atoms with Crippen LogP contribution in [0.25, 0.3) is 0 Å². The van der Waals surface area contributed by atoms with Gasteiger partial charge in [0.25, 0.3) is 0 Å². The molecule has 0 saturated carbocycles. The van der Waals surface area contributed by atoms with E-state index in [0.29, 0.717) is 0 Å². The number of amidine groups is 1. The van der Waals surface area contributed by atoms with Gasteiger partial charge in [-0.1, -0.05) is 15.9 Å². The topological polar surface area (TPSA) is 39.4 Å². The minimum atomic E-state index is 0.809. The van der Waals surface area contributed by atoms with Crippen LogP contribution in [0.3, 0.4) is 0 Å². The number of hydrogen-bond acceptors (Lipinski definition) is 3. The van der Waals surface area contributed by atoms with Crippen molar-refractivity contribution < 1.29 is 0 Å². The maximum atomic E-state index is 8.55. The zero-order valence-electron chi connectivity index (χ0n) is 7.85. The van der Waals surface area contributed by atoms with E-state index >= 15 is 0 Å². The van der Waals surface area contributed by atoms with Crippen LogP contribution >= 0.6 is 27.7 Å². The van der Waals surface area contributed by atoms with Crippen molar-refractivity contribution in [1.29, 1.82) is 5.26 Å². The van der Waals surface area contributed by atoms with Gasteiger partial charge in [0.2, 0.25) is 6.19 Å². The Kier molecular flexibility index (Phi) is 3.29. The van der Waals surface area contributed by atoms with Gasteiger partial charge in [-0.3, -0.25) is 0 Å². The van der Waals surface area contributed by atoms with E-state index < -0.39 is 0 Å². The van der Waals surface area contributed by atoms with Crippen molar-refractivity contribution in [1.82, 2.24) is 0 Å². The summed E-state index contributed by atoms with van der Waals surface area (Å²) in [4.78, 5) is 5.88. The molecule has 0 bridgehead atoms. The Hall–Kier alpha value is -0.990. The smallest absolute Gasteiger partial charge is 0.207 e. The summed E-state index contributed by atoms with van der Waals surface area (Å²) < 4.78 is 1.05. The van der Waals surface area contributed by atoms with Crippen LogP contribution in [0.5, 0.6) is 0 Å². The van der Waals surface area contributed by atoms with Crippen molar-refractivity contribution >= 4 is 39.2 Å². The number of hydrogen-bond donors (Lipinski definition) is 0. The molecule has 0 amide bonds. The maximum Gasteiger partial charge on any atom is 0.207 e. The fraction of sp³-hybridized carbons (Fsp3) is 0.200. The quantitative estimate of drug-likeness (QED) is 0.743. The second kappa shape index (κ2) is 4.69. The van der Waals surface area contributed by atoms with Gasteiger partial charge in [-0.2, -0.15) is 10.3 Å². The average Bonchev–Trinajstić information content (AvgIpc) is 2.68. The van der Waals surface area contributed by atoms with Crippen molar-refractivity contribution in [3.05, 3.63) is 28.7 Å². The van der Waals surface area contributed by atoms with Crippen LogP contribution in [0.15, 0.2) is 33.7 Å². The predicted molar refractivity (Wildman–Crippen MR) is 67.0 cm³/mol. The van der Waals surface area contributed by atoms with Gasteiger partial charge in [-0.25, -0.2) is 0 Å². The third-order valence-electron chi connectivity index (χ3n) is 2.08. The highest BCUT2D eigenvalue weighted by Crippen LogP contribution is 2.25. The molecular formula is C10H8BrN3S. The molecule has 1 fully saturated rings. The Bertz CT molecular complexity index is 421. The Balaban J connectivity index is 2.27. The van der Waals surface area contributed by atoms with Gasteiger partial charge in [0.1, 0.15) is 5.84 Å². The van der Waals surface area contributed by atoms with Crippen LogP contribution in [0.4, 0.5) is 5.69 Å². The minimum absolute atomic E-state index is 0.809. The number of nitrogens with zero attached hydrogens (tertiary/aromatic N) is 3. The number of nitriles is 1. The standard InChI is InChI=1S/C10H8BrN3S/c11-8-1-3-9(4-2-8)14-7-15-5-10(14)13-6-12/h1-4H,5,7H2. The lowest BCUT2D eigenvalue weighted by atomic mass is 10.3. The first-order valence-corrected chi connectivity index (χ1v) is 6.32. The zero-order chi connectivity index (χ0) is 10.7. The largest absolute Gasteiger partial charge is 0.319 e. The number of anilines is 1. The summed E-state index contributed by atoms with van der Waals surface area (Å²) in [5, 5.41) is 8.55. The molecule has 0 aromatic heterocycles. The third kappa shape index (κ3) is 2.33. The van der Waals surface area contributed by atoms with Gasteiger partial charge in [0.05, 0.1) is 11.6 Å². The lowest BCUT2D eigenvalue weighted by Crippen LogP contribution is -2.24. The van der Waals surface area contributed by atoms with Crippen molar-refractivity contribution in [3.8, 4) is 6.19 Å². The zero-order valence-corrected chi connectivity index (χ0v) is 10.3. The van der Waals surface area contributed by atoms with Crippen LogP contribution in [0, 0.1) is 11.5 Å². The SMILES string of the molecule is N#CN=C1CSCN1c1ccc(Br)cc1. The first kappa shape index (κ1) is 10.5. The molecule has 1 saturated heterocycles. The monoisotopic (exact) mass is 281 g/mol. The van der Waals surface area contributed by atoms with Crippen LogP contribution in [-0.2, 0) is 0 Å². The summed E-state index contributed by atoms with van der Waals surface area (Å²) in [7, 11) is 0. The van der Waals surface area contributed by atoms with Gasteiger partial charge in [0.15, 0.2) is 0 Å². The molecule has 0 radical (unpaired) electrons. The minimum Gasteiger partial charge on any atom is -0.319 e. The highest BCUT2D eigenvalue weighted by molar-refractivity contribution is 9.10. The summed E-state index contributed by atoms with van der Waals surface area (Å²) in [5.74, 6) is 2.51. The number of aliphatic imine (C=N–C) groups is 1. The fourth-order valence-electron chi connectivity index (χ4n) is 1.38. The first-order valence-electron chi connectivity index (χ1n) is 4.38. The van der Waals surface area contributed by atoms with Crippen LogP contribution in [0.1, 0.15) is 0 Å². The van der Waals surface area contributed by atoms with Gasteiger partial charge < -0.3 is 4.90 Å². The molecule has 1 aromatic carbocycles. The Morgan fingerprint density at radius 2 is 2.13 bits per heavy atom. The molecule has 1 aliphatic heterocycles. The van der Waals surface area contributed by atoms with Crippen LogP contribution in [-0.4, -0.2) is 17.5 Å². The van der Waals surface area contributed by atoms with Crippen molar-refractivity contribution in [2.24, 2.45) is 4.99 Å².